The lowest BCUT2D eigenvalue weighted by molar-refractivity contribution is -0.298. The average Bonchev–Trinajstić information content (AvgIpc) is 3.44. The molecular formula is C35H44O15. The van der Waals surface area contributed by atoms with E-state index in [1.54, 1.807) is 26.0 Å². The Morgan fingerprint density at radius 3 is 2.28 bits per heavy atom. The molecule has 3 fully saturated rings. The topological polar surface area (TPSA) is 250 Å². The average molecular weight is 705 g/mol. The Morgan fingerprint density at radius 1 is 1.04 bits per heavy atom. The van der Waals surface area contributed by atoms with Crippen LogP contribution in [0.5, 0.6) is 17.2 Å². The number of hydrogen-bond acceptors (Lipinski definition) is 15. The zero-order chi connectivity index (χ0) is 36.9. The minimum absolute atomic E-state index is 0.259. The number of carbonyl (C=O) groups excluding carboxylic acids is 3. The summed E-state index contributed by atoms with van der Waals surface area (Å²) in [6.45, 7) is 7.41. The van der Waals surface area contributed by atoms with E-state index in [0.29, 0.717) is 12.0 Å². The van der Waals surface area contributed by atoms with E-state index < -0.39 is 124 Å². The van der Waals surface area contributed by atoms with E-state index in [2.05, 4.69) is 0 Å². The highest BCUT2D eigenvalue weighted by molar-refractivity contribution is 6.04. The Labute approximate surface area is 287 Å². The zero-order valence-electron chi connectivity index (χ0n) is 28.3. The molecule has 0 spiro atoms. The number of aliphatic hydroxyl groups excluding tert-OH is 3. The van der Waals surface area contributed by atoms with Crippen molar-refractivity contribution in [2.24, 2.45) is 29.1 Å². The van der Waals surface area contributed by atoms with Crippen molar-refractivity contribution >= 4 is 17.7 Å². The molecule has 1 heterocycles. The second-order valence-electron chi connectivity index (χ2n) is 15.0. The number of fused-ring (bicyclic) bond motifs is 5. The molecule has 12 atom stereocenters. The molecule has 0 radical (unpaired) electrons. The summed E-state index contributed by atoms with van der Waals surface area (Å²) in [5, 5.41) is 85.8. The quantitative estimate of drug-likeness (QED) is 0.108. The Bertz CT molecular complexity index is 1640. The second-order valence-corrected chi connectivity index (χ2v) is 15.0. The fraction of sp³-hybridized carbons (Fsp3) is 0.629. The van der Waals surface area contributed by atoms with E-state index in [4.69, 9.17) is 18.9 Å². The SMILES string of the molecule is CC(=O)O[C@@]12C[C@@H](C)[C@@]3(O)[C@@H](C=C(CO[C@@H]4O[C@H](CO)[C@@H](O)[C@H](OC(=O)c5cc(O)c(O)c(O)c5)[C@H]4O)C[C@]4(O)C(=O)C(C)=C[C@@H]34)[C@@H]1C2(C)C. The predicted octanol–water partition coefficient (Wildman–Crippen LogP) is 0.336. The molecule has 5 aliphatic rings. The molecule has 15 heteroatoms. The first-order valence-electron chi connectivity index (χ1n) is 16.5. The highest BCUT2D eigenvalue weighted by Crippen LogP contribution is 2.76. The Hall–Kier alpha value is -3.57. The van der Waals surface area contributed by atoms with Crippen LogP contribution in [0.1, 0.15) is 57.8 Å². The lowest BCUT2D eigenvalue weighted by Gasteiger charge is -2.50. The van der Waals surface area contributed by atoms with Crippen LogP contribution < -0.4 is 0 Å². The first-order valence-corrected chi connectivity index (χ1v) is 16.5. The van der Waals surface area contributed by atoms with Gasteiger partial charge in [0.15, 0.2) is 35.4 Å². The molecular weight excluding hydrogens is 660 g/mol. The molecule has 4 aliphatic carbocycles. The minimum atomic E-state index is -2.05. The number of carbonyl (C=O) groups is 3. The summed E-state index contributed by atoms with van der Waals surface area (Å²) in [5.41, 5.74) is -4.95. The van der Waals surface area contributed by atoms with Crippen LogP contribution in [0.2, 0.25) is 0 Å². The summed E-state index contributed by atoms with van der Waals surface area (Å²) in [6.07, 6.45) is -5.04. The number of Topliss-reactive ketones (excluding diaryl/α,β-unsaturated/α-hetero) is 1. The van der Waals surface area contributed by atoms with Crippen molar-refractivity contribution in [2.45, 2.75) is 95.0 Å². The fourth-order valence-corrected chi connectivity index (χ4v) is 9.28. The summed E-state index contributed by atoms with van der Waals surface area (Å²) in [5.74, 6) is -7.43. The van der Waals surface area contributed by atoms with Gasteiger partial charge >= 0.3 is 11.9 Å². The number of phenols is 3. The van der Waals surface area contributed by atoms with Crippen LogP contribution in [0.3, 0.4) is 0 Å². The van der Waals surface area contributed by atoms with Crippen LogP contribution >= 0.6 is 0 Å². The number of phenolic OH excluding ortho intramolecular Hbond substituents is 3. The highest BCUT2D eigenvalue weighted by atomic mass is 16.7. The predicted molar refractivity (Wildman–Crippen MR) is 168 cm³/mol. The number of hydrogen-bond donors (Lipinski definition) is 8. The summed E-state index contributed by atoms with van der Waals surface area (Å²) < 4.78 is 22.8. The van der Waals surface area contributed by atoms with Gasteiger partial charge in [-0.2, -0.15) is 0 Å². The molecule has 15 nitrogen and oxygen atoms in total. The smallest absolute Gasteiger partial charge is 0.338 e. The largest absolute Gasteiger partial charge is 0.504 e. The summed E-state index contributed by atoms with van der Waals surface area (Å²) in [4.78, 5) is 38.7. The van der Waals surface area contributed by atoms with Gasteiger partial charge in [-0.05, 0) is 42.5 Å². The lowest BCUT2D eigenvalue weighted by atomic mass is 9.60. The van der Waals surface area contributed by atoms with Gasteiger partial charge in [-0.3, -0.25) is 9.59 Å². The normalized spacial score (nSPS) is 41.5. The standard InChI is InChI=1S/C35H44O15/c1-14-6-23-33(45,29(14)43)11-17(7-19-28-32(4,5)34(28,50-16(3)37)10-15(2)35(19,23)46)13-47-31-26(42)27(25(41)22(12-36)48-31)49-30(44)18-8-20(38)24(40)21(39)9-18/h6-9,15,19,22-23,25-28,31,36,38-42,45-46H,10-13H2,1-5H3/t15-,19+,22-,23-,25-,26-,27+,28-,31-,33-,34+,35-/m1/s1. The van der Waals surface area contributed by atoms with Gasteiger partial charge in [-0.15, -0.1) is 0 Å². The van der Waals surface area contributed by atoms with Crippen LogP contribution in [0.4, 0.5) is 0 Å². The van der Waals surface area contributed by atoms with Crippen LogP contribution in [-0.2, 0) is 28.5 Å². The number of esters is 2. The molecule has 0 aromatic heterocycles. The molecule has 1 aromatic rings. The summed E-state index contributed by atoms with van der Waals surface area (Å²) in [6, 6.07) is 1.60. The van der Waals surface area contributed by atoms with Crippen molar-refractivity contribution < 1.29 is 74.2 Å². The maximum Gasteiger partial charge on any atom is 0.338 e. The monoisotopic (exact) mass is 704 g/mol. The first kappa shape index (κ1) is 36.2. The van der Waals surface area contributed by atoms with Gasteiger partial charge in [0.2, 0.25) is 0 Å². The van der Waals surface area contributed by atoms with E-state index in [1.807, 2.05) is 13.8 Å². The van der Waals surface area contributed by atoms with E-state index in [0.717, 1.165) is 12.1 Å². The lowest BCUT2D eigenvalue weighted by Crippen LogP contribution is -2.61. The molecule has 8 N–H and O–H groups in total. The van der Waals surface area contributed by atoms with Gasteiger partial charge in [0.1, 0.15) is 29.5 Å². The van der Waals surface area contributed by atoms with Crippen molar-refractivity contribution in [1.29, 1.82) is 0 Å². The fourth-order valence-electron chi connectivity index (χ4n) is 9.28. The molecule has 0 bridgehead atoms. The second kappa shape index (κ2) is 12.0. The Kier molecular flexibility index (Phi) is 8.70. The van der Waals surface area contributed by atoms with Gasteiger partial charge in [0, 0.05) is 36.5 Å². The Balaban J connectivity index is 1.30. The van der Waals surface area contributed by atoms with E-state index in [9.17, 15) is 55.2 Å². The van der Waals surface area contributed by atoms with E-state index >= 15 is 0 Å². The molecule has 6 rings (SSSR count). The number of rotatable bonds is 7. The number of ether oxygens (including phenoxy) is 4. The van der Waals surface area contributed by atoms with Crippen molar-refractivity contribution in [3.05, 3.63) is 41.0 Å². The minimum Gasteiger partial charge on any atom is -0.504 e. The highest BCUT2D eigenvalue weighted by Gasteiger charge is 2.83. The van der Waals surface area contributed by atoms with Crippen molar-refractivity contribution in [3.8, 4) is 17.2 Å². The summed E-state index contributed by atoms with van der Waals surface area (Å²) >= 11 is 0. The van der Waals surface area contributed by atoms with Gasteiger partial charge < -0.3 is 59.8 Å². The third-order valence-corrected chi connectivity index (χ3v) is 11.8. The third-order valence-electron chi connectivity index (χ3n) is 11.8. The number of benzene rings is 1. The molecule has 1 saturated heterocycles. The van der Waals surface area contributed by atoms with Crippen LogP contribution in [-0.4, -0.2) is 119 Å². The maximum absolute atomic E-state index is 13.5. The van der Waals surface area contributed by atoms with Crippen LogP contribution in [0.25, 0.3) is 0 Å². The summed E-state index contributed by atoms with van der Waals surface area (Å²) in [7, 11) is 0. The molecule has 1 aromatic carbocycles. The number of aliphatic hydroxyl groups is 5. The van der Waals surface area contributed by atoms with Crippen molar-refractivity contribution in [2.75, 3.05) is 13.2 Å². The first-order chi connectivity index (χ1) is 23.2. The zero-order valence-corrected chi connectivity index (χ0v) is 28.3. The maximum atomic E-state index is 13.5. The Morgan fingerprint density at radius 2 is 1.68 bits per heavy atom. The molecule has 50 heavy (non-hydrogen) atoms. The van der Waals surface area contributed by atoms with Crippen LogP contribution in [0, 0.1) is 29.1 Å². The third kappa shape index (κ3) is 5.16. The van der Waals surface area contributed by atoms with Crippen molar-refractivity contribution in [1.82, 2.24) is 0 Å². The molecule has 2 saturated carbocycles. The number of aromatic hydroxyl groups is 3. The van der Waals surface area contributed by atoms with Gasteiger partial charge in [-0.1, -0.05) is 32.9 Å². The molecule has 1 aliphatic heterocycles. The van der Waals surface area contributed by atoms with E-state index in [-0.39, 0.29) is 18.6 Å². The van der Waals surface area contributed by atoms with Gasteiger partial charge in [0.05, 0.1) is 24.4 Å². The molecule has 0 amide bonds. The molecule has 0 unspecified atom stereocenters. The van der Waals surface area contributed by atoms with Gasteiger partial charge in [-0.25, -0.2) is 4.79 Å². The van der Waals surface area contributed by atoms with E-state index in [1.165, 1.54) is 6.92 Å². The van der Waals surface area contributed by atoms with Crippen LogP contribution in [0.15, 0.2) is 35.4 Å². The van der Waals surface area contributed by atoms with Crippen molar-refractivity contribution in [3.63, 3.8) is 0 Å². The number of ketones is 1. The van der Waals surface area contributed by atoms with Gasteiger partial charge in [0.25, 0.3) is 0 Å². The molecule has 274 valence electrons.